The SMILES string of the molecule is COc1cc(N2CCN(C(=O)CN3N=C(c4ccc(C)c(C)c4)CC3c3ccccc3)CC2)ncn1. The molecule has 186 valence electrons. The number of aryl methyl sites for hydroxylation is 2. The highest BCUT2D eigenvalue weighted by atomic mass is 16.5. The first-order chi connectivity index (χ1) is 17.5. The van der Waals surface area contributed by atoms with E-state index in [-0.39, 0.29) is 18.5 Å². The first kappa shape index (κ1) is 23.8. The van der Waals surface area contributed by atoms with Gasteiger partial charge in [0.2, 0.25) is 11.8 Å². The van der Waals surface area contributed by atoms with Gasteiger partial charge >= 0.3 is 0 Å². The molecule has 0 saturated carbocycles. The number of hydrogen-bond donors (Lipinski definition) is 0. The minimum absolute atomic E-state index is 0.0431. The van der Waals surface area contributed by atoms with Crippen molar-refractivity contribution in [1.82, 2.24) is 19.9 Å². The molecule has 36 heavy (non-hydrogen) atoms. The van der Waals surface area contributed by atoms with Crippen LogP contribution in [-0.4, -0.2) is 71.3 Å². The van der Waals surface area contributed by atoms with Gasteiger partial charge in [0.25, 0.3) is 0 Å². The van der Waals surface area contributed by atoms with E-state index in [1.54, 1.807) is 7.11 Å². The zero-order chi connectivity index (χ0) is 25.1. The van der Waals surface area contributed by atoms with Crippen LogP contribution in [0.1, 0.15) is 34.7 Å². The van der Waals surface area contributed by atoms with Crippen molar-refractivity contribution in [1.29, 1.82) is 0 Å². The molecule has 8 nitrogen and oxygen atoms in total. The summed E-state index contributed by atoms with van der Waals surface area (Å²) in [7, 11) is 1.59. The van der Waals surface area contributed by atoms with E-state index in [0.29, 0.717) is 32.1 Å². The van der Waals surface area contributed by atoms with Gasteiger partial charge in [-0.1, -0.05) is 42.5 Å². The van der Waals surface area contributed by atoms with Gasteiger partial charge in [-0.2, -0.15) is 5.10 Å². The second kappa shape index (κ2) is 10.4. The molecular weight excluding hydrogens is 452 g/mol. The number of carbonyl (C=O) groups excluding carboxylic acids is 1. The van der Waals surface area contributed by atoms with Gasteiger partial charge in [-0.3, -0.25) is 9.80 Å². The molecule has 1 amide bonds. The first-order valence-corrected chi connectivity index (χ1v) is 12.4. The van der Waals surface area contributed by atoms with Crippen LogP contribution in [0.4, 0.5) is 5.82 Å². The summed E-state index contributed by atoms with van der Waals surface area (Å²) in [6.07, 6.45) is 2.29. The highest BCUT2D eigenvalue weighted by Gasteiger charge is 2.32. The molecule has 1 unspecified atom stereocenters. The molecule has 1 aromatic heterocycles. The van der Waals surface area contributed by atoms with E-state index in [1.165, 1.54) is 23.0 Å². The van der Waals surface area contributed by atoms with Crippen LogP contribution >= 0.6 is 0 Å². The summed E-state index contributed by atoms with van der Waals surface area (Å²) in [5.74, 6) is 1.46. The highest BCUT2D eigenvalue weighted by molar-refractivity contribution is 6.02. The fourth-order valence-electron chi connectivity index (χ4n) is 4.80. The first-order valence-electron chi connectivity index (χ1n) is 12.4. The molecular formula is C28H32N6O2. The Labute approximate surface area is 212 Å². The third kappa shape index (κ3) is 5.03. The summed E-state index contributed by atoms with van der Waals surface area (Å²) in [6.45, 7) is 7.22. The Bertz CT molecular complexity index is 1250. The van der Waals surface area contributed by atoms with Crippen LogP contribution in [0.2, 0.25) is 0 Å². The maximum Gasteiger partial charge on any atom is 0.244 e. The third-order valence-electron chi connectivity index (χ3n) is 7.11. The minimum Gasteiger partial charge on any atom is -0.481 e. The summed E-state index contributed by atoms with van der Waals surface area (Å²) < 4.78 is 5.22. The van der Waals surface area contributed by atoms with E-state index in [2.05, 4.69) is 59.0 Å². The van der Waals surface area contributed by atoms with E-state index in [4.69, 9.17) is 9.84 Å². The van der Waals surface area contributed by atoms with Crippen LogP contribution < -0.4 is 9.64 Å². The second-order valence-corrected chi connectivity index (χ2v) is 9.36. The molecule has 5 rings (SSSR count). The van der Waals surface area contributed by atoms with Crippen LogP contribution in [0, 0.1) is 13.8 Å². The van der Waals surface area contributed by atoms with E-state index in [0.717, 1.165) is 23.5 Å². The summed E-state index contributed by atoms with van der Waals surface area (Å²) in [5.41, 5.74) is 5.85. The number of ether oxygens (including phenoxy) is 1. The fourth-order valence-corrected chi connectivity index (χ4v) is 4.80. The zero-order valence-corrected chi connectivity index (χ0v) is 21.1. The maximum absolute atomic E-state index is 13.4. The minimum atomic E-state index is 0.0431. The molecule has 1 atom stereocenters. The number of aromatic nitrogens is 2. The lowest BCUT2D eigenvalue weighted by atomic mass is 9.96. The van der Waals surface area contributed by atoms with Crippen molar-refractivity contribution in [2.24, 2.45) is 5.10 Å². The molecule has 0 N–H and O–H groups in total. The van der Waals surface area contributed by atoms with Gasteiger partial charge in [-0.15, -0.1) is 0 Å². The summed E-state index contributed by atoms with van der Waals surface area (Å²) in [6, 6.07) is 18.7. The predicted molar refractivity (Wildman–Crippen MR) is 140 cm³/mol. The molecule has 0 spiro atoms. The van der Waals surface area contributed by atoms with Crippen molar-refractivity contribution in [2.75, 3.05) is 44.7 Å². The van der Waals surface area contributed by atoms with Crippen molar-refractivity contribution >= 4 is 17.4 Å². The largest absolute Gasteiger partial charge is 0.481 e. The summed E-state index contributed by atoms with van der Waals surface area (Å²) in [5, 5.41) is 6.94. The van der Waals surface area contributed by atoms with E-state index in [9.17, 15) is 4.79 Å². The molecule has 2 aliphatic heterocycles. The monoisotopic (exact) mass is 484 g/mol. The Morgan fingerprint density at radius 2 is 1.75 bits per heavy atom. The van der Waals surface area contributed by atoms with Gasteiger partial charge in [0.05, 0.1) is 18.9 Å². The van der Waals surface area contributed by atoms with Crippen LogP contribution in [0.3, 0.4) is 0 Å². The average molecular weight is 485 g/mol. The lowest BCUT2D eigenvalue weighted by Crippen LogP contribution is -2.51. The number of anilines is 1. The third-order valence-corrected chi connectivity index (χ3v) is 7.11. The summed E-state index contributed by atoms with van der Waals surface area (Å²) >= 11 is 0. The number of hydrogen-bond acceptors (Lipinski definition) is 7. The molecule has 3 heterocycles. The number of nitrogens with zero attached hydrogens (tertiary/aromatic N) is 6. The standard InChI is InChI=1S/C28H32N6O2/c1-20-9-10-23(15-21(20)2)24-16-25(22-7-5-4-6-8-22)34(31-24)18-28(35)33-13-11-32(12-14-33)26-17-27(36-3)30-19-29-26/h4-10,15,17,19,25H,11-14,16,18H2,1-3H3. The van der Waals surface area contributed by atoms with Gasteiger partial charge in [0.1, 0.15) is 18.7 Å². The van der Waals surface area contributed by atoms with Gasteiger partial charge < -0.3 is 14.5 Å². The second-order valence-electron chi connectivity index (χ2n) is 9.36. The van der Waals surface area contributed by atoms with Gasteiger partial charge in [0, 0.05) is 38.7 Å². The van der Waals surface area contributed by atoms with Crippen LogP contribution in [0.15, 0.2) is 66.0 Å². The fraction of sp³-hybridized carbons (Fsp3) is 0.357. The number of amides is 1. The van der Waals surface area contributed by atoms with Crippen molar-refractivity contribution in [3.63, 3.8) is 0 Å². The Hall–Kier alpha value is -3.94. The van der Waals surface area contributed by atoms with E-state index >= 15 is 0 Å². The Balaban J connectivity index is 1.29. The lowest BCUT2D eigenvalue weighted by Gasteiger charge is -2.36. The molecule has 8 heteroatoms. The lowest BCUT2D eigenvalue weighted by molar-refractivity contribution is -0.133. The van der Waals surface area contributed by atoms with Crippen LogP contribution in [0.5, 0.6) is 5.88 Å². The number of hydrazone groups is 1. The molecule has 0 aliphatic carbocycles. The number of piperazine rings is 1. The van der Waals surface area contributed by atoms with Crippen LogP contribution in [-0.2, 0) is 4.79 Å². The van der Waals surface area contributed by atoms with Gasteiger partial charge in [-0.25, -0.2) is 9.97 Å². The molecule has 2 aliphatic rings. The van der Waals surface area contributed by atoms with Gasteiger partial charge in [-0.05, 0) is 42.2 Å². The van der Waals surface area contributed by atoms with E-state index < -0.39 is 0 Å². The average Bonchev–Trinajstić information content (AvgIpc) is 3.34. The Morgan fingerprint density at radius 3 is 2.47 bits per heavy atom. The van der Waals surface area contributed by atoms with E-state index in [1.807, 2.05) is 34.2 Å². The molecule has 1 fully saturated rings. The number of carbonyl (C=O) groups is 1. The van der Waals surface area contributed by atoms with Crippen molar-refractivity contribution in [3.05, 3.63) is 83.2 Å². The van der Waals surface area contributed by atoms with Crippen molar-refractivity contribution in [2.45, 2.75) is 26.3 Å². The normalized spacial score (nSPS) is 17.8. The molecule has 2 aromatic carbocycles. The predicted octanol–water partition coefficient (Wildman–Crippen LogP) is 3.60. The summed E-state index contributed by atoms with van der Waals surface area (Å²) in [4.78, 5) is 25.9. The van der Waals surface area contributed by atoms with Crippen LogP contribution in [0.25, 0.3) is 0 Å². The van der Waals surface area contributed by atoms with Crippen molar-refractivity contribution in [3.8, 4) is 5.88 Å². The molecule has 3 aromatic rings. The Morgan fingerprint density at radius 1 is 0.972 bits per heavy atom. The maximum atomic E-state index is 13.4. The highest BCUT2D eigenvalue weighted by Crippen LogP contribution is 2.33. The molecule has 0 bridgehead atoms. The van der Waals surface area contributed by atoms with Crippen molar-refractivity contribution < 1.29 is 9.53 Å². The molecule has 0 radical (unpaired) electrons. The number of methoxy groups -OCH3 is 1. The zero-order valence-electron chi connectivity index (χ0n) is 21.1. The van der Waals surface area contributed by atoms with Gasteiger partial charge in [0.15, 0.2) is 0 Å². The number of benzene rings is 2. The number of rotatable bonds is 6. The molecule has 1 saturated heterocycles. The topological polar surface area (TPSA) is 74.2 Å². The quantitative estimate of drug-likeness (QED) is 0.532. The smallest absolute Gasteiger partial charge is 0.244 e. The Kier molecular flexibility index (Phi) is 6.84.